The Kier molecular flexibility index (Phi) is 2.26. The molecule has 1 aliphatic carbocycles. The zero-order chi connectivity index (χ0) is 9.35. The fourth-order valence-electron chi connectivity index (χ4n) is 1.15. The van der Waals surface area contributed by atoms with Gasteiger partial charge in [0.1, 0.15) is 5.83 Å². The first kappa shape index (κ1) is 9.29. The lowest BCUT2D eigenvalue weighted by Gasteiger charge is -2.17. The molecule has 0 heterocycles. The van der Waals surface area contributed by atoms with Crippen molar-refractivity contribution in [3.05, 3.63) is 23.6 Å². The normalized spacial score (nSPS) is 24.9. The number of rotatable bonds is 0. The highest BCUT2D eigenvalue weighted by molar-refractivity contribution is 5.27. The number of halogens is 4. The predicted molar refractivity (Wildman–Crippen MR) is 37.1 cm³/mol. The smallest absolute Gasteiger partial charge is 0.207 e. The van der Waals surface area contributed by atoms with E-state index in [1.165, 1.54) is 6.08 Å². The zero-order valence-corrected chi connectivity index (χ0v) is 6.45. The fourth-order valence-corrected chi connectivity index (χ4v) is 1.15. The number of hydrogen-bond acceptors (Lipinski definition) is 0. The van der Waals surface area contributed by atoms with Gasteiger partial charge in [0.15, 0.2) is 0 Å². The van der Waals surface area contributed by atoms with E-state index in [4.69, 9.17) is 0 Å². The predicted octanol–water partition coefficient (Wildman–Crippen LogP) is 3.37. The van der Waals surface area contributed by atoms with Crippen molar-refractivity contribution in [1.29, 1.82) is 0 Å². The molecule has 0 aromatic carbocycles. The van der Waals surface area contributed by atoms with Crippen molar-refractivity contribution >= 4 is 0 Å². The zero-order valence-electron chi connectivity index (χ0n) is 6.45. The highest BCUT2D eigenvalue weighted by Crippen LogP contribution is 2.35. The molecule has 0 saturated carbocycles. The molecule has 0 N–H and O–H groups in total. The first-order valence-electron chi connectivity index (χ1n) is 3.54. The van der Waals surface area contributed by atoms with Crippen LogP contribution in [0.3, 0.4) is 0 Å². The third-order valence-corrected chi connectivity index (χ3v) is 1.66. The van der Waals surface area contributed by atoms with E-state index in [0.29, 0.717) is 6.08 Å². The Morgan fingerprint density at radius 2 is 2.00 bits per heavy atom. The van der Waals surface area contributed by atoms with Crippen LogP contribution in [0.25, 0.3) is 0 Å². The Hall–Kier alpha value is -0.800. The van der Waals surface area contributed by atoms with Crippen LogP contribution in [0.2, 0.25) is 0 Å². The van der Waals surface area contributed by atoms with E-state index >= 15 is 0 Å². The van der Waals surface area contributed by atoms with Crippen molar-refractivity contribution in [1.82, 2.24) is 0 Å². The molecule has 4 heteroatoms. The van der Waals surface area contributed by atoms with Crippen LogP contribution in [0, 0.1) is 5.92 Å². The van der Waals surface area contributed by atoms with E-state index in [0.717, 1.165) is 0 Å². The first-order chi connectivity index (χ1) is 5.39. The standard InChI is InChI=1S/C8H8F4/c1-5-2-6(8(10,11)12)4-7(9)3-5/h3-5H,2H2,1H3/t5-/m1/s1. The fraction of sp³-hybridized carbons (Fsp3) is 0.500. The van der Waals surface area contributed by atoms with Gasteiger partial charge in [-0.1, -0.05) is 6.92 Å². The Morgan fingerprint density at radius 3 is 2.42 bits per heavy atom. The van der Waals surface area contributed by atoms with E-state index in [9.17, 15) is 17.6 Å². The summed E-state index contributed by atoms with van der Waals surface area (Å²) < 4.78 is 48.6. The summed E-state index contributed by atoms with van der Waals surface area (Å²) in [6.45, 7) is 1.55. The minimum atomic E-state index is -4.39. The lowest BCUT2D eigenvalue weighted by atomic mass is 9.95. The molecule has 0 nitrogen and oxygen atoms in total. The average molecular weight is 180 g/mol. The second kappa shape index (κ2) is 2.92. The van der Waals surface area contributed by atoms with Gasteiger partial charge in [0, 0.05) is 5.57 Å². The lowest BCUT2D eigenvalue weighted by molar-refractivity contribution is -0.0952. The quantitative estimate of drug-likeness (QED) is 0.501. The van der Waals surface area contributed by atoms with Crippen LogP contribution < -0.4 is 0 Å². The molecule has 0 spiro atoms. The van der Waals surface area contributed by atoms with Crippen LogP contribution in [-0.4, -0.2) is 6.18 Å². The molecule has 0 bridgehead atoms. The Labute approximate surface area is 67.6 Å². The first-order valence-corrected chi connectivity index (χ1v) is 3.54. The maximum absolute atomic E-state index is 12.5. The van der Waals surface area contributed by atoms with E-state index in [1.807, 2.05) is 0 Å². The molecule has 0 aliphatic heterocycles. The van der Waals surface area contributed by atoms with Gasteiger partial charge in [0.2, 0.25) is 0 Å². The molecule has 1 rings (SSSR count). The van der Waals surface area contributed by atoms with E-state index in [-0.39, 0.29) is 12.3 Å². The topological polar surface area (TPSA) is 0 Å². The maximum atomic E-state index is 12.5. The van der Waals surface area contributed by atoms with Gasteiger partial charge in [-0.05, 0) is 24.5 Å². The Balaban J connectivity index is 2.87. The minimum Gasteiger partial charge on any atom is -0.207 e. The molecule has 68 valence electrons. The van der Waals surface area contributed by atoms with Crippen molar-refractivity contribution in [3.63, 3.8) is 0 Å². The SMILES string of the molecule is C[C@H]1C=C(F)C=C(C(F)(F)F)C1. The van der Waals surface area contributed by atoms with Crippen LogP contribution in [0.4, 0.5) is 17.6 Å². The summed E-state index contributed by atoms with van der Waals surface area (Å²) >= 11 is 0. The molecule has 0 saturated heterocycles. The number of allylic oxidation sites excluding steroid dienone is 4. The van der Waals surface area contributed by atoms with Crippen LogP contribution in [0.15, 0.2) is 23.6 Å². The molecular weight excluding hydrogens is 172 g/mol. The van der Waals surface area contributed by atoms with Crippen molar-refractivity contribution in [2.24, 2.45) is 5.92 Å². The Bertz CT molecular complexity index is 234. The second-order valence-electron chi connectivity index (χ2n) is 2.90. The largest absolute Gasteiger partial charge is 0.412 e. The van der Waals surface area contributed by atoms with Crippen molar-refractivity contribution in [2.45, 2.75) is 19.5 Å². The van der Waals surface area contributed by atoms with Crippen molar-refractivity contribution in [3.8, 4) is 0 Å². The Morgan fingerprint density at radius 1 is 1.42 bits per heavy atom. The van der Waals surface area contributed by atoms with Gasteiger partial charge in [0.05, 0.1) is 0 Å². The van der Waals surface area contributed by atoms with Gasteiger partial charge in [-0.25, -0.2) is 4.39 Å². The molecular formula is C8H8F4. The highest BCUT2D eigenvalue weighted by atomic mass is 19.4. The summed E-state index contributed by atoms with van der Waals surface area (Å²) in [5.74, 6) is -1.16. The summed E-state index contributed by atoms with van der Waals surface area (Å²) in [6.07, 6.45) is -2.77. The molecule has 0 fully saturated rings. The molecule has 0 radical (unpaired) electrons. The average Bonchev–Trinajstić information content (AvgIpc) is 1.82. The van der Waals surface area contributed by atoms with Gasteiger partial charge in [-0.15, -0.1) is 0 Å². The summed E-state index contributed by atoms with van der Waals surface area (Å²) in [5.41, 5.74) is -0.782. The molecule has 12 heavy (non-hydrogen) atoms. The third-order valence-electron chi connectivity index (χ3n) is 1.66. The summed E-state index contributed by atoms with van der Waals surface area (Å²) in [6, 6.07) is 0. The summed E-state index contributed by atoms with van der Waals surface area (Å²) in [4.78, 5) is 0. The van der Waals surface area contributed by atoms with E-state index in [2.05, 4.69) is 0 Å². The maximum Gasteiger partial charge on any atom is 0.412 e. The van der Waals surface area contributed by atoms with Gasteiger partial charge < -0.3 is 0 Å². The van der Waals surface area contributed by atoms with Crippen molar-refractivity contribution < 1.29 is 17.6 Å². The number of hydrogen-bond donors (Lipinski definition) is 0. The van der Waals surface area contributed by atoms with Gasteiger partial charge >= 0.3 is 6.18 Å². The minimum absolute atomic E-state index is 0.128. The molecule has 0 unspecified atom stereocenters. The van der Waals surface area contributed by atoms with Gasteiger partial charge in [0.25, 0.3) is 0 Å². The molecule has 1 aliphatic rings. The summed E-state index contributed by atoms with van der Waals surface area (Å²) in [5, 5.41) is 0. The van der Waals surface area contributed by atoms with Crippen LogP contribution in [0.1, 0.15) is 13.3 Å². The van der Waals surface area contributed by atoms with E-state index < -0.39 is 17.6 Å². The molecule has 0 aromatic rings. The third kappa shape index (κ3) is 2.09. The molecule has 1 atom stereocenters. The van der Waals surface area contributed by atoms with E-state index in [1.54, 1.807) is 6.92 Å². The monoisotopic (exact) mass is 180 g/mol. The number of alkyl halides is 3. The van der Waals surface area contributed by atoms with Gasteiger partial charge in [-0.3, -0.25) is 0 Å². The van der Waals surface area contributed by atoms with Crippen LogP contribution >= 0.6 is 0 Å². The lowest BCUT2D eigenvalue weighted by Crippen LogP contribution is -2.16. The van der Waals surface area contributed by atoms with Crippen LogP contribution in [-0.2, 0) is 0 Å². The summed E-state index contributed by atoms with van der Waals surface area (Å²) in [7, 11) is 0. The molecule has 0 aromatic heterocycles. The second-order valence-corrected chi connectivity index (χ2v) is 2.90. The highest BCUT2D eigenvalue weighted by Gasteiger charge is 2.35. The molecule has 0 amide bonds. The van der Waals surface area contributed by atoms with Crippen LogP contribution in [0.5, 0.6) is 0 Å². The van der Waals surface area contributed by atoms with Gasteiger partial charge in [-0.2, -0.15) is 13.2 Å². The van der Waals surface area contributed by atoms with Crippen molar-refractivity contribution in [2.75, 3.05) is 0 Å².